The van der Waals surface area contributed by atoms with E-state index in [1.807, 2.05) is 7.05 Å². The highest BCUT2D eigenvalue weighted by molar-refractivity contribution is 7.89. The highest BCUT2D eigenvalue weighted by Gasteiger charge is 2.33. The Bertz CT molecular complexity index is 682. The van der Waals surface area contributed by atoms with Gasteiger partial charge in [-0.1, -0.05) is 12.8 Å². The van der Waals surface area contributed by atoms with E-state index < -0.39 is 21.8 Å². The summed E-state index contributed by atoms with van der Waals surface area (Å²) >= 11 is 0. The number of hydrogen-bond donors (Lipinski definition) is 1. The van der Waals surface area contributed by atoms with Gasteiger partial charge in [0.2, 0.25) is 10.0 Å². The predicted molar refractivity (Wildman–Crippen MR) is 99.9 cm³/mol. The molecule has 0 bridgehead atoms. The highest BCUT2D eigenvalue weighted by Crippen LogP contribution is 2.33. The third-order valence-corrected chi connectivity index (χ3v) is 7.40. The fraction of sp³-hybridized carbons (Fsp3) is 0.684. The summed E-state index contributed by atoms with van der Waals surface area (Å²) in [5, 5.41) is 3.14. The van der Waals surface area contributed by atoms with E-state index in [1.165, 1.54) is 24.2 Å². The van der Waals surface area contributed by atoms with E-state index in [-0.39, 0.29) is 10.9 Å². The van der Waals surface area contributed by atoms with Crippen LogP contribution < -0.4 is 5.32 Å². The SMILES string of the molecule is CNCCCCC1CCC(N(C)S(=O)(=O)c2ccc(C(F)(F)F)cc2)CC1. The van der Waals surface area contributed by atoms with Crippen molar-refractivity contribution in [1.29, 1.82) is 0 Å². The first-order chi connectivity index (χ1) is 12.7. The zero-order chi connectivity index (χ0) is 20.1. The van der Waals surface area contributed by atoms with Gasteiger partial charge in [0.25, 0.3) is 0 Å². The first kappa shape index (κ1) is 22.2. The molecular formula is C19H29F3N2O2S. The molecule has 154 valence electrons. The monoisotopic (exact) mass is 406 g/mol. The molecule has 1 aromatic carbocycles. The van der Waals surface area contributed by atoms with Gasteiger partial charge in [-0.25, -0.2) is 8.42 Å². The molecule has 0 spiro atoms. The Morgan fingerprint density at radius 3 is 2.19 bits per heavy atom. The molecule has 1 aliphatic carbocycles. The molecule has 0 unspecified atom stereocenters. The molecule has 0 aliphatic heterocycles. The Hall–Kier alpha value is -1.12. The molecule has 1 aliphatic rings. The van der Waals surface area contributed by atoms with Crippen molar-refractivity contribution in [3.8, 4) is 0 Å². The Morgan fingerprint density at radius 1 is 1.07 bits per heavy atom. The molecule has 1 saturated carbocycles. The van der Waals surface area contributed by atoms with E-state index in [0.717, 1.165) is 62.9 Å². The van der Waals surface area contributed by atoms with Gasteiger partial charge in [0.1, 0.15) is 0 Å². The van der Waals surface area contributed by atoms with Crippen LogP contribution in [0.5, 0.6) is 0 Å². The molecule has 8 heteroatoms. The van der Waals surface area contributed by atoms with Crippen molar-refractivity contribution in [2.24, 2.45) is 5.92 Å². The number of nitrogens with zero attached hydrogens (tertiary/aromatic N) is 1. The molecule has 1 N–H and O–H groups in total. The molecule has 0 aromatic heterocycles. The van der Waals surface area contributed by atoms with Crippen LogP contribution in [0, 0.1) is 5.92 Å². The van der Waals surface area contributed by atoms with Crippen LogP contribution in [0.1, 0.15) is 50.5 Å². The zero-order valence-corrected chi connectivity index (χ0v) is 16.7. The Kier molecular flexibility index (Phi) is 7.71. The zero-order valence-electron chi connectivity index (χ0n) is 15.9. The average Bonchev–Trinajstić information content (AvgIpc) is 2.64. The minimum atomic E-state index is -4.47. The van der Waals surface area contributed by atoms with Gasteiger partial charge in [0.15, 0.2) is 0 Å². The number of benzene rings is 1. The van der Waals surface area contributed by atoms with Crippen LogP contribution in [0.25, 0.3) is 0 Å². The van der Waals surface area contributed by atoms with Gasteiger partial charge < -0.3 is 5.32 Å². The highest BCUT2D eigenvalue weighted by atomic mass is 32.2. The third-order valence-electron chi connectivity index (χ3n) is 5.48. The van der Waals surface area contributed by atoms with Gasteiger partial charge in [0.05, 0.1) is 10.5 Å². The summed E-state index contributed by atoms with van der Waals surface area (Å²) in [7, 11) is -0.310. The van der Waals surface area contributed by atoms with E-state index in [4.69, 9.17) is 0 Å². The lowest BCUT2D eigenvalue weighted by Gasteiger charge is -2.34. The van der Waals surface area contributed by atoms with Crippen LogP contribution >= 0.6 is 0 Å². The van der Waals surface area contributed by atoms with Crippen LogP contribution in [0.2, 0.25) is 0 Å². The third kappa shape index (κ3) is 5.93. The van der Waals surface area contributed by atoms with E-state index in [0.29, 0.717) is 5.92 Å². The molecule has 0 amide bonds. The standard InChI is InChI=1S/C19H29F3N2O2S/c1-23-14-4-3-5-15-6-10-17(11-7-15)24(2)27(25,26)18-12-8-16(9-13-18)19(20,21)22/h8-9,12-13,15,17,23H,3-7,10-11,14H2,1-2H3. The minimum Gasteiger partial charge on any atom is -0.320 e. The van der Waals surface area contributed by atoms with Crippen molar-refractivity contribution >= 4 is 10.0 Å². The lowest BCUT2D eigenvalue weighted by Crippen LogP contribution is -2.39. The smallest absolute Gasteiger partial charge is 0.320 e. The Labute approximate surface area is 160 Å². The van der Waals surface area contributed by atoms with E-state index in [1.54, 1.807) is 0 Å². The Morgan fingerprint density at radius 2 is 1.67 bits per heavy atom. The van der Waals surface area contributed by atoms with Crippen LogP contribution in [0.15, 0.2) is 29.2 Å². The summed E-state index contributed by atoms with van der Waals surface area (Å²) in [6.45, 7) is 1.02. The van der Waals surface area contributed by atoms with Crippen molar-refractivity contribution in [1.82, 2.24) is 9.62 Å². The number of alkyl halides is 3. The molecule has 27 heavy (non-hydrogen) atoms. The summed E-state index contributed by atoms with van der Waals surface area (Å²) in [4.78, 5) is -0.0906. The largest absolute Gasteiger partial charge is 0.416 e. The summed E-state index contributed by atoms with van der Waals surface area (Å²) in [5.41, 5.74) is -0.845. The second-order valence-electron chi connectivity index (χ2n) is 7.32. The quantitative estimate of drug-likeness (QED) is 0.656. The maximum atomic E-state index is 12.8. The number of hydrogen-bond acceptors (Lipinski definition) is 3. The second kappa shape index (κ2) is 9.39. The summed E-state index contributed by atoms with van der Waals surface area (Å²) in [6.07, 6.45) is 2.62. The minimum absolute atomic E-state index is 0.0906. The van der Waals surface area contributed by atoms with Crippen molar-refractivity contribution in [2.75, 3.05) is 20.6 Å². The van der Waals surface area contributed by atoms with Gasteiger partial charge in [-0.05, 0) is 75.9 Å². The van der Waals surface area contributed by atoms with Gasteiger partial charge >= 0.3 is 6.18 Å². The fourth-order valence-corrected chi connectivity index (χ4v) is 5.13. The lowest BCUT2D eigenvalue weighted by molar-refractivity contribution is -0.137. The van der Waals surface area contributed by atoms with Crippen molar-refractivity contribution in [2.45, 2.75) is 62.1 Å². The first-order valence-electron chi connectivity index (χ1n) is 9.46. The van der Waals surface area contributed by atoms with Gasteiger partial charge in [0, 0.05) is 13.1 Å². The van der Waals surface area contributed by atoms with Gasteiger partial charge in [-0.3, -0.25) is 0 Å². The fourth-order valence-electron chi connectivity index (χ4n) is 3.71. The predicted octanol–water partition coefficient (Wildman–Crippen LogP) is 4.27. The first-order valence-corrected chi connectivity index (χ1v) is 10.9. The number of sulfonamides is 1. The normalized spacial score (nSPS) is 21.6. The molecule has 0 heterocycles. The van der Waals surface area contributed by atoms with Crippen LogP contribution in [0.4, 0.5) is 13.2 Å². The van der Waals surface area contributed by atoms with Crippen LogP contribution in [-0.4, -0.2) is 39.4 Å². The lowest BCUT2D eigenvalue weighted by atomic mass is 9.83. The van der Waals surface area contributed by atoms with E-state index in [2.05, 4.69) is 5.32 Å². The average molecular weight is 407 g/mol. The van der Waals surface area contributed by atoms with E-state index in [9.17, 15) is 21.6 Å². The number of halogens is 3. The molecule has 0 atom stereocenters. The van der Waals surface area contributed by atoms with Crippen LogP contribution in [-0.2, 0) is 16.2 Å². The Balaban J connectivity index is 1.94. The number of unbranched alkanes of at least 4 members (excludes halogenated alkanes) is 1. The molecule has 1 aromatic rings. The van der Waals surface area contributed by atoms with Crippen molar-refractivity contribution < 1.29 is 21.6 Å². The number of rotatable bonds is 8. The maximum Gasteiger partial charge on any atom is 0.416 e. The molecule has 1 fully saturated rings. The topological polar surface area (TPSA) is 49.4 Å². The van der Waals surface area contributed by atoms with E-state index >= 15 is 0 Å². The maximum absolute atomic E-state index is 12.8. The summed E-state index contributed by atoms with van der Waals surface area (Å²) in [6, 6.07) is 3.64. The summed E-state index contributed by atoms with van der Waals surface area (Å²) in [5.74, 6) is 0.639. The number of nitrogens with one attached hydrogen (secondary N) is 1. The van der Waals surface area contributed by atoms with Gasteiger partial charge in [-0.2, -0.15) is 17.5 Å². The second-order valence-corrected chi connectivity index (χ2v) is 9.31. The van der Waals surface area contributed by atoms with Crippen molar-refractivity contribution in [3.05, 3.63) is 29.8 Å². The molecule has 2 rings (SSSR count). The summed E-state index contributed by atoms with van der Waals surface area (Å²) < 4.78 is 64.9. The molecule has 4 nitrogen and oxygen atoms in total. The molecule has 0 radical (unpaired) electrons. The molecule has 0 saturated heterocycles. The van der Waals surface area contributed by atoms with Gasteiger partial charge in [-0.15, -0.1) is 0 Å². The van der Waals surface area contributed by atoms with Crippen molar-refractivity contribution in [3.63, 3.8) is 0 Å². The van der Waals surface area contributed by atoms with Crippen LogP contribution in [0.3, 0.4) is 0 Å². The molecular weight excluding hydrogens is 377 g/mol.